The van der Waals surface area contributed by atoms with Crippen LogP contribution in [-0.4, -0.2) is 36.1 Å². The van der Waals surface area contributed by atoms with Gasteiger partial charge in [-0.05, 0) is 32.4 Å². The highest BCUT2D eigenvalue weighted by Crippen LogP contribution is 2.35. The van der Waals surface area contributed by atoms with Crippen molar-refractivity contribution in [3.8, 4) is 0 Å². The molecule has 1 fully saturated rings. The quantitative estimate of drug-likeness (QED) is 0.894. The smallest absolute Gasteiger partial charge is 0.110 e. The molecule has 2 atom stereocenters. The lowest BCUT2D eigenvalue weighted by atomic mass is 9.89. The molecule has 0 radical (unpaired) electrons. The lowest BCUT2D eigenvalue weighted by Gasteiger charge is -2.38. The Morgan fingerprint density at radius 2 is 2.41 bits per heavy atom. The molecule has 96 valence electrons. The summed E-state index contributed by atoms with van der Waals surface area (Å²) in [6, 6.07) is 1.08. The zero-order valence-corrected chi connectivity index (χ0v) is 11.8. The molecule has 0 amide bonds. The van der Waals surface area contributed by atoms with E-state index in [0.717, 1.165) is 6.54 Å². The second-order valence-electron chi connectivity index (χ2n) is 5.26. The number of hydrogen-bond donors (Lipinski definition) is 1. The monoisotopic (exact) mass is 253 g/mol. The van der Waals surface area contributed by atoms with E-state index in [4.69, 9.17) is 0 Å². The molecule has 2 heterocycles. The minimum atomic E-state index is 0.509. The molecule has 1 aliphatic heterocycles. The minimum absolute atomic E-state index is 0.509. The molecule has 1 saturated heterocycles. The lowest BCUT2D eigenvalue weighted by Crippen LogP contribution is -2.41. The number of nitrogens with one attached hydrogen (secondary N) is 1. The Bertz CT molecular complexity index is 323. The third-order valence-corrected chi connectivity index (χ3v) is 4.35. The van der Waals surface area contributed by atoms with E-state index in [1.165, 1.54) is 24.4 Å². The van der Waals surface area contributed by atoms with Crippen LogP contribution < -0.4 is 5.32 Å². The van der Waals surface area contributed by atoms with Crippen molar-refractivity contribution >= 4 is 11.3 Å². The van der Waals surface area contributed by atoms with Crippen LogP contribution in [0.2, 0.25) is 0 Å². The summed E-state index contributed by atoms with van der Waals surface area (Å²) >= 11 is 1.79. The Balaban J connectivity index is 2.06. The van der Waals surface area contributed by atoms with E-state index < -0.39 is 0 Å². The Kier molecular flexibility index (Phi) is 4.54. The number of nitrogens with zero attached hydrogens (tertiary/aromatic N) is 2. The van der Waals surface area contributed by atoms with Crippen molar-refractivity contribution in [3.05, 3.63) is 16.6 Å². The Morgan fingerprint density at radius 3 is 3.06 bits per heavy atom. The molecular formula is C13H23N3S. The highest BCUT2D eigenvalue weighted by molar-refractivity contribution is 7.09. The van der Waals surface area contributed by atoms with Gasteiger partial charge in [0.25, 0.3) is 0 Å². The van der Waals surface area contributed by atoms with Crippen LogP contribution >= 0.6 is 11.3 Å². The standard InChI is InChI=1S/C13H23N3S/c1-10(2)15-9-11-5-4-7-16(3)12(11)13-14-6-8-17-13/h6,8,10-12,15H,4-5,7,9H2,1-3H3. The summed E-state index contributed by atoms with van der Waals surface area (Å²) in [6.07, 6.45) is 4.55. The first-order valence-electron chi connectivity index (χ1n) is 6.51. The fourth-order valence-electron chi connectivity index (χ4n) is 2.63. The molecule has 0 aliphatic carbocycles. The summed E-state index contributed by atoms with van der Waals surface area (Å²) in [5, 5.41) is 6.95. The zero-order valence-electron chi connectivity index (χ0n) is 11.0. The molecule has 1 aromatic heterocycles. The largest absolute Gasteiger partial charge is 0.314 e. The van der Waals surface area contributed by atoms with Crippen molar-refractivity contribution in [2.75, 3.05) is 20.1 Å². The van der Waals surface area contributed by atoms with E-state index in [2.05, 4.69) is 41.5 Å². The number of aromatic nitrogens is 1. The van der Waals surface area contributed by atoms with Crippen LogP contribution in [0.1, 0.15) is 37.7 Å². The van der Waals surface area contributed by atoms with Crippen LogP contribution in [0.15, 0.2) is 11.6 Å². The van der Waals surface area contributed by atoms with Crippen molar-refractivity contribution in [2.24, 2.45) is 5.92 Å². The molecule has 3 nitrogen and oxygen atoms in total. The molecule has 0 bridgehead atoms. The van der Waals surface area contributed by atoms with E-state index in [1.807, 2.05) is 6.20 Å². The zero-order chi connectivity index (χ0) is 12.3. The minimum Gasteiger partial charge on any atom is -0.314 e. The third-order valence-electron chi connectivity index (χ3n) is 3.50. The fourth-order valence-corrected chi connectivity index (χ4v) is 3.53. The maximum absolute atomic E-state index is 4.52. The van der Waals surface area contributed by atoms with Gasteiger partial charge in [-0.25, -0.2) is 4.98 Å². The van der Waals surface area contributed by atoms with Crippen LogP contribution in [0.5, 0.6) is 0 Å². The summed E-state index contributed by atoms with van der Waals surface area (Å²) in [7, 11) is 2.23. The van der Waals surface area contributed by atoms with Gasteiger partial charge in [-0.3, -0.25) is 4.90 Å². The lowest BCUT2D eigenvalue weighted by molar-refractivity contribution is 0.118. The molecule has 1 aromatic rings. The normalized spacial score (nSPS) is 26.6. The number of piperidine rings is 1. The predicted molar refractivity (Wildman–Crippen MR) is 73.3 cm³/mol. The maximum atomic E-state index is 4.52. The molecule has 4 heteroatoms. The predicted octanol–water partition coefficient (Wildman–Crippen LogP) is 2.52. The third kappa shape index (κ3) is 3.27. The van der Waals surface area contributed by atoms with E-state index in [1.54, 1.807) is 11.3 Å². The van der Waals surface area contributed by atoms with Gasteiger partial charge in [0.1, 0.15) is 5.01 Å². The van der Waals surface area contributed by atoms with Crippen molar-refractivity contribution in [2.45, 2.75) is 38.8 Å². The number of hydrogen-bond acceptors (Lipinski definition) is 4. The van der Waals surface area contributed by atoms with Gasteiger partial charge in [0.15, 0.2) is 0 Å². The Morgan fingerprint density at radius 1 is 1.59 bits per heavy atom. The van der Waals surface area contributed by atoms with Crippen molar-refractivity contribution < 1.29 is 0 Å². The second-order valence-corrected chi connectivity index (χ2v) is 6.19. The highest BCUT2D eigenvalue weighted by Gasteiger charge is 2.31. The van der Waals surface area contributed by atoms with Crippen LogP contribution in [0.25, 0.3) is 0 Å². The first kappa shape index (κ1) is 13.0. The molecule has 0 spiro atoms. The molecule has 1 aliphatic rings. The molecule has 2 unspecified atom stereocenters. The summed E-state index contributed by atoms with van der Waals surface area (Å²) in [4.78, 5) is 6.98. The van der Waals surface area contributed by atoms with Gasteiger partial charge in [-0.15, -0.1) is 11.3 Å². The molecule has 0 aromatic carbocycles. The van der Waals surface area contributed by atoms with E-state index in [-0.39, 0.29) is 0 Å². The highest BCUT2D eigenvalue weighted by atomic mass is 32.1. The van der Waals surface area contributed by atoms with Crippen LogP contribution in [-0.2, 0) is 0 Å². The van der Waals surface area contributed by atoms with Gasteiger partial charge in [0.05, 0.1) is 6.04 Å². The van der Waals surface area contributed by atoms with Gasteiger partial charge in [0, 0.05) is 24.2 Å². The van der Waals surface area contributed by atoms with E-state index in [0.29, 0.717) is 18.0 Å². The molecule has 0 saturated carbocycles. The summed E-state index contributed by atoms with van der Waals surface area (Å²) in [5.74, 6) is 0.697. The van der Waals surface area contributed by atoms with Crippen molar-refractivity contribution in [1.29, 1.82) is 0 Å². The summed E-state index contributed by atoms with van der Waals surface area (Å²) in [5.41, 5.74) is 0. The average molecular weight is 253 g/mol. The summed E-state index contributed by atoms with van der Waals surface area (Å²) < 4.78 is 0. The van der Waals surface area contributed by atoms with Crippen LogP contribution in [0, 0.1) is 5.92 Å². The van der Waals surface area contributed by atoms with Crippen molar-refractivity contribution in [1.82, 2.24) is 15.2 Å². The topological polar surface area (TPSA) is 28.2 Å². The average Bonchev–Trinajstić information content (AvgIpc) is 2.79. The number of likely N-dealkylation sites (tertiary alicyclic amines) is 1. The SMILES string of the molecule is CC(C)NCC1CCCN(C)C1c1nccs1. The molecule has 1 N–H and O–H groups in total. The van der Waals surface area contributed by atoms with Gasteiger partial charge in [-0.2, -0.15) is 0 Å². The Labute approximate surface area is 108 Å². The van der Waals surface area contributed by atoms with E-state index >= 15 is 0 Å². The number of rotatable bonds is 4. The first-order chi connectivity index (χ1) is 8.18. The van der Waals surface area contributed by atoms with Crippen LogP contribution in [0.4, 0.5) is 0 Å². The van der Waals surface area contributed by atoms with Gasteiger partial charge < -0.3 is 5.32 Å². The van der Waals surface area contributed by atoms with Crippen molar-refractivity contribution in [3.63, 3.8) is 0 Å². The first-order valence-corrected chi connectivity index (χ1v) is 7.39. The molecule has 2 rings (SSSR count). The van der Waals surface area contributed by atoms with Gasteiger partial charge >= 0.3 is 0 Å². The molecular weight excluding hydrogens is 230 g/mol. The molecule has 17 heavy (non-hydrogen) atoms. The number of thiazole rings is 1. The van der Waals surface area contributed by atoms with Gasteiger partial charge in [-0.1, -0.05) is 13.8 Å². The maximum Gasteiger partial charge on any atom is 0.110 e. The fraction of sp³-hybridized carbons (Fsp3) is 0.769. The Hall–Kier alpha value is -0.450. The second kappa shape index (κ2) is 5.94. The van der Waals surface area contributed by atoms with E-state index in [9.17, 15) is 0 Å². The summed E-state index contributed by atoms with van der Waals surface area (Å²) in [6.45, 7) is 6.73. The van der Waals surface area contributed by atoms with Gasteiger partial charge in [0.2, 0.25) is 0 Å². The van der Waals surface area contributed by atoms with Crippen LogP contribution in [0.3, 0.4) is 0 Å².